The van der Waals surface area contributed by atoms with E-state index in [9.17, 15) is 13.2 Å². The molecule has 0 unspecified atom stereocenters. The van der Waals surface area contributed by atoms with Crippen LogP contribution in [0.4, 0.5) is 0 Å². The average molecular weight is 266 g/mol. The van der Waals surface area contributed by atoms with Gasteiger partial charge in [0, 0.05) is 41.3 Å². The molecule has 5 nitrogen and oxygen atoms in total. The molecule has 0 fully saturated rings. The molecule has 6 heteroatoms. The van der Waals surface area contributed by atoms with Gasteiger partial charge in [-0.2, -0.15) is 0 Å². The Morgan fingerprint density at radius 2 is 2.06 bits per heavy atom. The van der Waals surface area contributed by atoms with Gasteiger partial charge in [-0.05, 0) is 19.9 Å². The van der Waals surface area contributed by atoms with E-state index in [0.717, 1.165) is 11.8 Å². The lowest BCUT2D eigenvalue weighted by molar-refractivity contribution is 0.0956. The quantitative estimate of drug-likeness (QED) is 0.855. The van der Waals surface area contributed by atoms with Crippen molar-refractivity contribution in [3.8, 4) is 0 Å². The summed E-state index contributed by atoms with van der Waals surface area (Å²) in [5, 5.41) is 0.638. The molecule has 0 saturated carbocycles. The number of H-pyrrole nitrogens is 1. The summed E-state index contributed by atoms with van der Waals surface area (Å²) in [5.74, 6) is -0.427. The molecule has 2 aromatic heterocycles. The summed E-state index contributed by atoms with van der Waals surface area (Å²) >= 11 is 0. The summed E-state index contributed by atoms with van der Waals surface area (Å²) in [5.41, 5.74) is 1.12. The molecule has 0 aliphatic carbocycles. The minimum Gasteiger partial charge on any atom is -0.360 e. The van der Waals surface area contributed by atoms with Crippen molar-refractivity contribution in [1.82, 2.24) is 9.97 Å². The molecule has 2 aromatic rings. The van der Waals surface area contributed by atoms with E-state index >= 15 is 0 Å². The largest absolute Gasteiger partial charge is 0.360 e. The van der Waals surface area contributed by atoms with Gasteiger partial charge in [0.25, 0.3) is 0 Å². The van der Waals surface area contributed by atoms with Crippen LogP contribution in [-0.2, 0) is 9.84 Å². The van der Waals surface area contributed by atoms with Gasteiger partial charge in [0.15, 0.2) is 15.6 Å². The standard InChI is InChI=1S/C12H14N2O3S/c1-12(2,18(3,16)17)11(15)9-7-14-10-4-5-13-6-8(9)10/h4-7,14H,1-3H3. The maximum absolute atomic E-state index is 12.4. The van der Waals surface area contributed by atoms with E-state index in [1.807, 2.05) is 0 Å². The van der Waals surface area contributed by atoms with E-state index in [1.54, 1.807) is 18.5 Å². The molecule has 0 amide bonds. The molecule has 0 aromatic carbocycles. The number of nitrogens with zero attached hydrogens (tertiary/aromatic N) is 1. The molecule has 96 valence electrons. The first-order valence-corrected chi connectivity index (χ1v) is 7.30. The molecule has 0 saturated heterocycles. The predicted molar refractivity (Wildman–Crippen MR) is 69.3 cm³/mol. The monoisotopic (exact) mass is 266 g/mol. The second-order valence-corrected chi connectivity index (χ2v) is 7.30. The molecule has 2 rings (SSSR count). The highest BCUT2D eigenvalue weighted by molar-refractivity contribution is 7.92. The van der Waals surface area contributed by atoms with Gasteiger partial charge >= 0.3 is 0 Å². The van der Waals surface area contributed by atoms with Crippen LogP contribution in [0.15, 0.2) is 24.7 Å². The molecule has 0 radical (unpaired) electrons. The average Bonchev–Trinajstić information content (AvgIpc) is 2.70. The van der Waals surface area contributed by atoms with Crippen LogP contribution in [0.3, 0.4) is 0 Å². The van der Waals surface area contributed by atoms with Crippen molar-refractivity contribution in [2.45, 2.75) is 18.6 Å². The van der Waals surface area contributed by atoms with Crippen LogP contribution in [0, 0.1) is 0 Å². The van der Waals surface area contributed by atoms with Crippen LogP contribution in [0.2, 0.25) is 0 Å². The van der Waals surface area contributed by atoms with Crippen LogP contribution >= 0.6 is 0 Å². The highest BCUT2D eigenvalue weighted by atomic mass is 32.2. The van der Waals surface area contributed by atoms with Gasteiger partial charge in [0.2, 0.25) is 0 Å². The van der Waals surface area contributed by atoms with E-state index in [0.29, 0.717) is 10.9 Å². The van der Waals surface area contributed by atoms with Crippen molar-refractivity contribution in [1.29, 1.82) is 0 Å². The van der Waals surface area contributed by atoms with E-state index in [-0.39, 0.29) is 0 Å². The SMILES string of the molecule is CC(C)(C(=O)c1c[nH]c2ccncc12)S(C)(=O)=O. The lowest BCUT2D eigenvalue weighted by atomic mass is 10.0. The summed E-state index contributed by atoms with van der Waals surface area (Å²) in [4.78, 5) is 19.2. The smallest absolute Gasteiger partial charge is 0.185 e. The summed E-state index contributed by atoms with van der Waals surface area (Å²) in [6, 6.07) is 1.74. The Labute approximate surface area is 105 Å². The Morgan fingerprint density at radius 3 is 2.67 bits per heavy atom. The van der Waals surface area contributed by atoms with Crippen molar-refractivity contribution in [2.75, 3.05) is 6.26 Å². The van der Waals surface area contributed by atoms with Gasteiger partial charge in [0.05, 0.1) is 0 Å². The zero-order valence-corrected chi connectivity index (χ0v) is 11.2. The predicted octanol–water partition coefficient (Wildman–Crippen LogP) is 1.57. The Morgan fingerprint density at radius 1 is 1.39 bits per heavy atom. The zero-order chi connectivity index (χ0) is 13.6. The number of aromatic nitrogens is 2. The maximum atomic E-state index is 12.4. The third-order valence-corrected chi connectivity index (χ3v) is 5.24. The normalized spacial score (nSPS) is 12.8. The minimum absolute atomic E-state index is 0.355. The second-order valence-electron chi connectivity index (χ2n) is 4.74. The zero-order valence-electron chi connectivity index (χ0n) is 10.4. The number of ketones is 1. The molecule has 0 spiro atoms. The van der Waals surface area contributed by atoms with Crippen molar-refractivity contribution in [3.63, 3.8) is 0 Å². The number of carbonyl (C=O) groups is 1. The number of aromatic amines is 1. The van der Waals surface area contributed by atoms with Crippen LogP contribution in [-0.4, -0.2) is 35.2 Å². The third kappa shape index (κ3) is 1.82. The molecule has 0 aliphatic heterocycles. The first kappa shape index (κ1) is 12.8. The van der Waals surface area contributed by atoms with Crippen molar-refractivity contribution in [3.05, 3.63) is 30.2 Å². The lowest BCUT2D eigenvalue weighted by Crippen LogP contribution is -2.39. The molecule has 0 bridgehead atoms. The van der Waals surface area contributed by atoms with E-state index in [4.69, 9.17) is 0 Å². The molecular formula is C12H14N2O3S. The number of sulfone groups is 1. The first-order valence-electron chi connectivity index (χ1n) is 5.40. The minimum atomic E-state index is -3.48. The molecule has 1 N–H and O–H groups in total. The number of rotatable bonds is 3. The lowest BCUT2D eigenvalue weighted by Gasteiger charge is -2.20. The fraction of sp³-hybridized carbons (Fsp3) is 0.333. The number of pyridine rings is 1. The summed E-state index contributed by atoms with van der Waals surface area (Å²) in [6.07, 6.45) is 5.76. The van der Waals surface area contributed by atoms with Crippen LogP contribution in [0.5, 0.6) is 0 Å². The van der Waals surface area contributed by atoms with Gasteiger partial charge in [0.1, 0.15) is 4.75 Å². The molecule has 18 heavy (non-hydrogen) atoms. The van der Waals surface area contributed by atoms with Crippen LogP contribution in [0.25, 0.3) is 10.9 Å². The van der Waals surface area contributed by atoms with E-state index in [1.165, 1.54) is 20.0 Å². The Hall–Kier alpha value is -1.69. The van der Waals surface area contributed by atoms with Gasteiger partial charge in [-0.25, -0.2) is 8.42 Å². The third-order valence-electron chi connectivity index (χ3n) is 3.20. The fourth-order valence-electron chi connectivity index (χ4n) is 1.64. The maximum Gasteiger partial charge on any atom is 0.185 e. The first-order chi connectivity index (χ1) is 8.25. The van der Waals surface area contributed by atoms with Crippen molar-refractivity contribution >= 4 is 26.5 Å². The van der Waals surface area contributed by atoms with E-state index in [2.05, 4.69) is 9.97 Å². The number of fused-ring (bicyclic) bond motifs is 1. The fourth-order valence-corrected chi connectivity index (χ4v) is 2.09. The number of carbonyl (C=O) groups excluding carboxylic acids is 1. The van der Waals surface area contributed by atoms with Gasteiger partial charge in [-0.15, -0.1) is 0 Å². The van der Waals surface area contributed by atoms with Gasteiger partial charge in [-0.1, -0.05) is 0 Å². The second kappa shape index (κ2) is 3.91. The highest BCUT2D eigenvalue weighted by Crippen LogP contribution is 2.26. The molecular weight excluding hydrogens is 252 g/mol. The summed E-state index contributed by atoms with van der Waals surface area (Å²) in [7, 11) is -3.48. The van der Waals surface area contributed by atoms with Crippen LogP contribution in [0.1, 0.15) is 24.2 Å². The van der Waals surface area contributed by atoms with Gasteiger partial charge in [-0.3, -0.25) is 9.78 Å². The summed E-state index contributed by atoms with van der Waals surface area (Å²) in [6.45, 7) is 2.83. The van der Waals surface area contributed by atoms with E-state index < -0.39 is 20.4 Å². The number of hydrogen-bond acceptors (Lipinski definition) is 4. The number of hydrogen-bond donors (Lipinski definition) is 1. The van der Waals surface area contributed by atoms with Crippen molar-refractivity contribution in [2.24, 2.45) is 0 Å². The Kier molecular flexibility index (Phi) is 2.77. The molecule has 0 aliphatic rings. The van der Waals surface area contributed by atoms with Crippen LogP contribution < -0.4 is 0 Å². The molecule has 0 atom stereocenters. The summed E-state index contributed by atoms with van der Waals surface area (Å²) < 4.78 is 21.9. The van der Waals surface area contributed by atoms with Crippen molar-refractivity contribution < 1.29 is 13.2 Å². The topological polar surface area (TPSA) is 79.9 Å². The van der Waals surface area contributed by atoms with Gasteiger partial charge < -0.3 is 4.98 Å². The Balaban J connectivity index is 2.60. The highest BCUT2D eigenvalue weighted by Gasteiger charge is 2.39. The number of Topliss-reactive ketones (excluding diaryl/α,β-unsaturated/α-hetero) is 1. The molecule has 2 heterocycles. The Bertz CT molecular complexity index is 714. The number of nitrogens with one attached hydrogen (secondary N) is 1.